The van der Waals surface area contributed by atoms with Crippen LogP contribution in [0.2, 0.25) is 5.02 Å². The molecule has 3 rings (SSSR count). The van der Waals surface area contributed by atoms with Crippen molar-refractivity contribution in [3.8, 4) is 5.69 Å². The molecule has 0 saturated heterocycles. The topological polar surface area (TPSA) is 73.2 Å². The molecule has 27 heavy (non-hydrogen) atoms. The number of benzene rings is 2. The van der Waals surface area contributed by atoms with Crippen LogP contribution in [-0.2, 0) is 9.53 Å². The third kappa shape index (κ3) is 4.35. The summed E-state index contributed by atoms with van der Waals surface area (Å²) in [5.41, 5.74) is 3.33. The van der Waals surface area contributed by atoms with Gasteiger partial charge in [0.2, 0.25) is 0 Å². The van der Waals surface area contributed by atoms with E-state index in [1.165, 1.54) is 0 Å². The molecule has 0 aliphatic heterocycles. The number of hydrogen-bond donors (Lipinski definition) is 1. The lowest BCUT2D eigenvalue weighted by Crippen LogP contribution is -2.20. The van der Waals surface area contributed by atoms with Crippen molar-refractivity contribution in [2.75, 3.05) is 11.9 Å². The van der Waals surface area contributed by atoms with E-state index in [4.69, 9.17) is 16.3 Å². The van der Waals surface area contributed by atoms with Crippen LogP contribution in [0.1, 0.15) is 21.7 Å². The van der Waals surface area contributed by atoms with Gasteiger partial charge in [-0.3, -0.25) is 4.79 Å². The minimum Gasteiger partial charge on any atom is -0.452 e. The molecule has 0 bridgehead atoms. The predicted molar refractivity (Wildman–Crippen MR) is 103 cm³/mol. The fraction of sp³-hybridized carbons (Fsp3) is 0.150. The van der Waals surface area contributed by atoms with Gasteiger partial charge < -0.3 is 10.1 Å². The maximum Gasteiger partial charge on any atom is 0.338 e. The first-order valence-electron chi connectivity index (χ1n) is 8.30. The van der Waals surface area contributed by atoms with Crippen molar-refractivity contribution in [1.29, 1.82) is 0 Å². The molecule has 1 aromatic heterocycles. The molecular formula is C20H18ClN3O3. The number of anilines is 1. The van der Waals surface area contributed by atoms with Gasteiger partial charge in [0.1, 0.15) is 0 Å². The molecule has 0 aliphatic rings. The fourth-order valence-corrected chi connectivity index (χ4v) is 2.66. The number of aryl methyl sites for hydroxylation is 1. The standard InChI is InChI=1S/C20H18ClN3O3/c1-13-19(21)14(2)24(23-13)17-10-8-15(9-11-17)20(26)27-12-18(25)22-16-6-4-3-5-7-16/h3-11H,12H2,1-2H3,(H,22,25). The Morgan fingerprint density at radius 2 is 1.74 bits per heavy atom. The molecule has 3 aromatic rings. The summed E-state index contributed by atoms with van der Waals surface area (Å²) in [7, 11) is 0. The van der Waals surface area contributed by atoms with Crippen LogP contribution >= 0.6 is 11.6 Å². The molecule has 1 amide bonds. The average Bonchev–Trinajstić information content (AvgIpc) is 2.94. The zero-order chi connectivity index (χ0) is 19.4. The van der Waals surface area contributed by atoms with Crippen molar-refractivity contribution in [2.45, 2.75) is 13.8 Å². The van der Waals surface area contributed by atoms with Gasteiger partial charge in [-0.05, 0) is 50.2 Å². The van der Waals surface area contributed by atoms with Gasteiger partial charge in [0.25, 0.3) is 5.91 Å². The van der Waals surface area contributed by atoms with Crippen LogP contribution < -0.4 is 5.32 Å². The third-order valence-electron chi connectivity index (χ3n) is 3.94. The molecular weight excluding hydrogens is 366 g/mol. The second kappa shape index (κ2) is 8.05. The van der Waals surface area contributed by atoms with Gasteiger partial charge in [0.05, 0.1) is 27.7 Å². The van der Waals surface area contributed by atoms with Crippen LogP contribution in [0.3, 0.4) is 0 Å². The maximum atomic E-state index is 12.1. The van der Waals surface area contributed by atoms with Crippen LogP contribution in [0.5, 0.6) is 0 Å². The molecule has 6 nitrogen and oxygen atoms in total. The van der Waals surface area contributed by atoms with Gasteiger partial charge in [-0.25, -0.2) is 9.48 Å². The van der Waals surface area contributed by atoms with Crippen molar-refractivity contribution < 1.29 is 14.3 Å². The molecule has 0 aliphatic carbocycles. The highest BCUT2D eigenvalue weighted by atomic mass is 35.5. The monoisotopic (exact) mass is 383 g/mol. The Balaban J connectivity index is 1.60. The fourth-order valence-electron chi connectivity index (χ4n) is 2.55. The first kappa shape index (κ1) is 18.7. The Kier molecular flexibility index (Phi) is 5.57. The van der Waals surface area contributed by atoms with Crippen LogP contribution in [0.15, 0.2) is 54.6 Å². The number of aromatic nitrogens is 2. The number of nitrogens with one attached hydrogen (secondary N) is 1. The Morgan fingerprint density at radius 1 is 1.07 bits per heavy atom. The summed E-state index contributed by atoms with van der Waals surface area (Å²) in [5.74, 6) is -0.973. The first-order valence-corrected chi connectivity index (χ1v) is 8.67. The highest BCUT2D eigenvalue weighted by Crippen LogP contribution is 2.22. The summed E-state index contributed by atoms with van der Waals surface area (Å²) in [6.07, 6.45) is 0. The van der Waals surface area contributed by atoms with Crippen LogP contribution in [0.4, 0.5) is 5.69 Å². The first-order chi connectivity index (χ1) is 13.0. The molecule has 0 saturated carbocycles. The van der Waals surface area contributed by atoms with E-state index < -0.39 is 11.9 Å². The average molecular weight is 384 g/mol. The van der Waals surface area contributed by atoms with E-state index in [0.717, 1.165) is 17.1 Å². The largest absolute Gasteiger partial charge is 0.452 e. The van der Waals surface area contributed by atoms with E-state index in [1.807, 2.05) is 19.9 Å². The van der Waals surface area contributed by atoms with E-state index in [2.05, 4.69) is 10.4 Å². The number of nitrogens with zero attached hydrogens (tertiary/aromatic N) is 2. The highest BCUT2D eigenvalue weighted by molar-refractivity contribution is 6.31. The molecule has 1 heterocycles. The number of rotatable bonds is 5. The third-order valence-corrected chi connectivity index (χ3v) is 4.49. The van der Waals surface area contributed by atoms with Gasteiger partial charge in [-0.1, -0.05) is 29.8 Å². The number of halogens is 1. The van der Waals surface area contributed by atoms with Gasteiger partial charge in [-0.15, -0.1) is 0 Å². The molecule has 7 heteroatoms. The predicted octanol–water partition coefficient (Wildman–Crippen LogP) is 3.94. The summed E-state index contributed by atoms with van der Waals surface area (Å²) in [5, 5.41) is 7.64. The number of amides is 1. The number of ether oxygens (including phenoxy) is 1. The number of para-hydroxylation sites is 1. The van der Waals surface area contributed by atoms with Gasteiger partial charge >= 0.3 is 5.97 Å². The SMILES string of the molecule is Cc1nn(-c2ccc(C(=O)OCC(=O)Nc3ccccc3)cc2)c(C)c1Cl. The quantitative estimate of drug-likeness (QED) is 0.677. The lowest BCUT2D eigenvalue weighted by Gasteiger charge is -2.08. The Bertz CT molecular complexity index is 966. The molecule has 0 atom stereocenters. The zero-order valence-corrected chi connectivity index (χ0v) is 15.7. The van der Waals surface area contributed by atoms with Crippen molar-refractivity contribution >= 4 is 29.2 Å². The molecule has 0 fully saturated rings. The molecule has 0 radical (unpaired) electrons. The van der Waals surface area contributed by atoms with Gasteiger partial charge in [0.15, 0.2) is 6.61 Å². The minimum absolute atomic E-state index is 0.346. The lowest BCUT2D eigenvalue weighted by atomic mass is 10.2. The van der Waals surface area contributed by atoms with Crippen molar-refractivity contribution in [2.24, 2.45) is 0 Å². The highest BCUT2D eigenvalue weighted by Gasteiger charge is 2.13. The van der Waals surface area contributed by atoms with Crippen molar-refractivity contribution in [3.63, 3.8) is 0 Å². The summed E-state index contributed by atoms with van der Waals surface area (Å²) >= 11 is 6.16. The van der Waals surface area contributed by atoms with E-state index in [9.17, 15) is 9.59 Å². The maximum absolute atomic E-state index is 12.1. The van der Waals surface area contributed by atoms with Gasteiger partial charge in [0, 0.05) is 5.69 Å². The summed E-state index contributed by atoms with van der Waals surface area (Å²) in [6.45, 7) is 3.34. The van der Waals surface area contributed by atoms with E-state index >= 15 is 0 Å². The summed E-state index contributed by atoms with van der Waals surface area (Å²) in [4.78, 5) is 24.0. The normalized spacial score (nSPS) is 10.5. The summed E-state index contributed by atoms with van der Waals surface area (Å²) < 4.78 is 6.77. The van der Waals surface area contributed by atoms with Crippen LogP contribution in [0.25, 0.3) is 5.69 Å². The van der Waals surface area contributed by atoms with Gasteiger partial charge in [-0.2, -0.15) is 5.10 Å². The second-order valence-corrected chi connectivity index (χ2v) is 6.31. The van der Waals surface area contributed by atoms with Crippen molar-refractivity contribution in [1.82, 2.24) is 9.78 Å². The Morgan fingerprint density at radius 3 is 2.33 bits per heavy atom. The molecule has 138 valence electrons. The summed E-state index contributed by atoms with van der Waals surface area (Å²) in [6, 6.07) is 15.7. The number of carbonyl (C=O) groups excluding carboxylic acids is 2. The number of hydrogen-bond acceptors (Lipinski definition) is 4. The number of esters is 1. The minimum atomic E-state index is -0.573. The van der Waals surface area contributed by atoms with Crippen LogP contribution in [0, 0.1) is 13.8 Å². The van der Waals surface area contributed by atoms with Crippen molar-refractivity contribution in [3.05, 3.63) is 76.6 Å². The lowest BCUT2D eigenvalue weighted by molar-refractivity contribution is -0.119. The van der Waals surface area contributed by atoms with Crippen LogP contribution in [-0.4, -0.2) is 28.3 Å². The zero-order valence-electron chi connectivity index (χ0n) is 14.9. The molecule has 1 N–H and O–H groups in total. The van der Waals surface area contributed by atoms with E-state index in [1.54, 1.807) is 53.2 Å². The Hall–Kier alpha value is -3.12. The number of carbonyl (C=O) groups is 2. The molecule has 0 unspecified atom stereocenters. The second-order valence-electron chi connectivity index (χ2n) is 5.93. The van der Waals surface area contributed by atoms with E-state index in [-0.39, 0.29) is 6.61 Å². The Labute approximate surface area is 161 Å². The molecule has 2 aromatic carbocycles. The van der Waals surface area contributed by atoms with E-state index in [0.29, 0.717) is 16.3 Å². The smallest absolute Gasteiger partial charge is 0.338 e. The molecule has 0 spiro atoms.